The minimum absolute atomic E-state index is 0.0623. The number of benzene rings is 1. The number of thiocarbonyl (C=S) groups is 1. The summed E-state index contributed by atoms with van der Waals surface area (Å²) in [6.45, 7) is 0. The molecule has 1 amide bonds. The molecule has 1 aliphatic heterocycles. The summed E-state index contributed by atoms with van der Waals surface area (Å²) in [6.07, 6.45) is 1.94. The normalized spacial score (nSPS) is 19.3. The van der Waals surface area contributed by atoms with E-state index in [1.54, 1.807) is 30.0 Å². The number of hydrogen-bond acceptors (Lipinski definition) is 3. The van der Waals surface area contributed by atoms with Crippen LogP contribution in [0.3, 0.4) is 0 Å². The fraction of sp³-hybridized carbons (Fsp3) is 0.273. The van der Waals surface area contributed by atoms with E-state index in [1.165, 1.54) is 4.90 Å². The Morgan fingerprint density at radius 1 is 1.44 bits per heavy atom. The molecule has 0 aliphatic carbocycles. The maximum Gasteiger partial charge on any atom is 0.256 e. The number of rotatable bonds is 3. The second-order valence-electron chi connectivity index (χ2n) is 3.73. The quantitative estimate of drug-likeness (QED) is 0.868. The van der Waals surface area contributed by atoms with Crippen molar-refractivity contribution in [3.8, 4) is 0 Å². The highest BCUT2D eigenvalue weighted by molar-refractivity contribution is 7.98. The van der Waals surface area contributed by atoms with Crippen molar-refractivity contribution in [3.63, 3.8) is 0 Å². The van der Waals surface area contributed by atoms with Crippen LogP contribution in [-0.4, -0.2) is 29.1 Å². The maximum absolute atomic E-state index is 12.2. The lowest BCUT2D eigenvalue weighted by Gasteiger charge is -2.15. The number of nitrogens with zero attached hydrogens (tertiary/aromatic N) is 1. The van der Waals surface area contributed by atoms with Gasteiger partial charge in [-0.25, -0.2) is 0 Å². The second kappa shape index (κ2) is 5.65. The first-order chi connectivity index (χ1) is 8.54. The van der Waals surface area contributed by atoms with Crippen molar-refractivity contribution >= 4 is 63.9 Å². The first-order valence-corrected chi connectivity index (χ1v) is 7.69. The van der Waals surface area contributed by atoms with Crippen molar-refractivity contribution in [2.75, 3.05) is 16.9 Å². The summed E-state index contributed by atoms with van der Waals surface area (Å²) < 4.78 is 0. The monoisotopic (exact) mass is 320 g/mol. The number of anilines is 1. The van der Waals surface area contributed by atoms with Gasteiger partial charge in [0.05, 0.1) is 15.7 Å². The SMILES string of the molecule is CSC[C@@H]1NC(=S)N(c2ccc(Cl)c(Cl)c2)C1=O. The zero-order valence-electron chi connectivity index (χ0n) is 9.44. The molecule has 7 heteroatoms. The summed E-state index contributed by atoms with van der Waals surface area (Å²) >= 11 is 18.6. The molecule has 1 atom stereocenters. The lowest BCUT2D eigenvalue weighted by Crippen LogP contribution is -2.32. The van der Waals surface area contributed by atoms with Gasteiger partial charge in [0.15, 0.2) is 5.11 Å². The van der Waals surface area contributed by atoms with E-state index in [9.17, 15) is 4.79 Å². The van der Waals surface area contributed by atoms with Crippen molar-refractivity contribution in [3.05, 3.63) is 28.2 Å². The number of carbonyl (C=O) groups is 1. The molecule has 96 valence electrons. The maximum atomic E-state index is 12.2. The van der Waals surface area contributed by atoms with E-state index < -0.39 is 0 Å². The van der Waals surface area contributed by atoms with Crippen molar-refractivity contribution < 1.29 is 4.79 Å². The molecule has 0 bridgehead atoms. The van der Waals surface area contributed by atoms with Crippen molar-refractivity contribution in [1.82, 2.24) is 5.32 Å². The number of amides is 1. The molecule has 0 saturated carbocycles. The number of thioether (sulfide) groups is 1. The van der Waals surface area contributed by atoms with Crippen LogP contribution in [0.15, 0.2) is 18.2 Å². The summed E-state index contributed by atoms with van der Waals surface area (Å²) in [5.41, 5.74) is 0.635. The third kappa shape index (κ3) is 2.59. The molecule has 1 saturated heterocycles. The van der Waals surface area contributed by atoms with Gasteiger partial charge in [0.2, 0.25) is 0 Å². The fourth-order valence-electron chi connectivity index (χ4n) is 1.68. The summed E-state index contributed by atoms with van der Waals surface area (Å²) in [7, 11) is 0. The number of hydrogen-bond donors (Lipinski definition) is 1. The molecule has 1 aromatic rings. The molecule has 1 aromatic carbocycles. The van der Waals surface area contributed by atoms with Gasteiger partial charge in [-0.3, -0.25) is 9.69 Å². The van der Waals surface area contributed by atoms with E-state index >= 15 is 0 Å². The topological polar surface area (TPSA) is 32.3 Å². The second-order valence-corrected chi connectivity index (χ2v) is 5.84. The van der Waals surface area contributed by atoms with Gasteiger partial charge >= 0.3 is 0 Å². The Morgan fingerprint density at radius 2 is 2.17 bits per heavy atom. The summed E-state index contributed by atoms with van der Waals surface area (Å²) in [6, 6.07) is 4.73. The molecule has 1 heterocycles. The van der Waals surface area contributed by atoms with Gasteiger partial charge in [-0.15, -0.1) is 0 Å². The predicted molar refractivity (Wildman–Crippen MR) is 81.9 cm³/mol. The number of carbonyl (C=O) groups excluding carboxylic acids is 1. The van der Waals surface area contributed by atoms with Crippen LogP contribution >= 0.6 is 47.2 Å². The van der Waals surface area contributed by atoms with Crippen LogP contribution in [0.25, 0.3) is 0 Å². The van der Waals surface area contributed by atoms with E-state index in [4.69, 9.17) is 35.4 Å². The lowest BCUT2D eigenvalue weighted by atomic mass is 10.2. The zero-order valence-corrected chi connectivity index (χ0v) is 12.6. The number of nitrogens with one attached hydrogen (secondary N) is 1. The van der Waals surface area contributed by atoms with Crippen LogP contribution < -0.4 is 10.2 Å². The van der Waals surface area contributed by atoms with Crippen LogP contribution in [0, 0.1) is 0 Å². The van der Waals surface area contributed by atoms with Gasteiger partial charge in [0, 0.05) is 5.75 Å². The van der Waals surface area contributed by atoms with Gasteiger partial charge in [0.25, 0.3) is 5.91 Å². The smallest absolute Gasteiger partial charge is 0.256 e. The first kappa shape index (κ1) is 13.9. The molecule has 1 aliphatic rings. The summed E-state index contributed by atoms with van der Waals surface area (Å²) in [5, 5.41) is 4.25. The number of halogens is 2. The van der Waals surface area contributed by atoms with Crippen molar-refractivity contribution in [1.29, 1.82) is 0 Å². The van der Waals surface area contributed by atoms with Crippen LogP contribution in [-0.2, 0) is 4.79 Å². The van der Waals surface area contributed by atoms with Crippen molar-refractivity contribution in [2.24, 2.45) is 0 Å². The van der Waals surface area contributed by atoms with Gasteiger partial charge in [-0.1, -0.05) is 23.2 Å². The van der Waals surface area contributed by atoms with E-state index in [2.05, 4.69) is 5.32 Å². The lowest BCUT2D eigenvalue weighted by molar-refractivity contribution is -0.117. The van der Waals surface area contributed by atoms with Crippen LogP contribution in [0.2, 0.25) is 10.0 Å². The average Bonchev–Trinajstić information content (AvgIpc) is 2.59. The molecule has 1 N–H and O–H groups in total. The van der Waals surface area contributed by atoms with E-state index in [0.29, 0.717) is 26.6 Å². The largest absolute Gasteiger partial charge is 0.349 e. The average molecular weight is 321 g/mol. The highest BCUT2D eigenvalue weighted by Gasteiger charge is 2.36. The minimum atomic E-state index is -0.276. The summed E-state index contributed by atoms with van der Waals surface area (Å²) in [5.74, 6) is 0.615. The van der Waals surface area contributed by atoms with Gasteiger partial charge in [0.1, 0.15) is 6.04 Å². The van der Waals surface area contributed by atoms with Crippen molar-refractivity contribution in [2.45, 2.75) is 6.04 Å². The van der Waals surface area contributed by atoms with E-state index in [1.807, 2.05) is 6.26 Å². The van der Waals surface area contributed by atoms with E-state index in [-0.39, 0.29) is 11.9 Å². The summed E-state index contributed by atoms with van der Waals surface area (Å²) in [4.78, 5) is 13.6. The molecule has 0 spiro atoms. The Balaban J connectivity index is 2.30. The Labute approximate surface area is 125 Å². The third-order valence-electron chi connectivity index (χ3n) is 2.51. The zero-order chi connectivity index (χ0) is 13.3. The molecule has 0 radical (unpaired) electrons. The molecule has 3 nitrogen and oxygen atoms in total. The first-order valence-electron chi connectivity index (χ1n) is 5.13. The molecule has 2 rings (SSSR count). The van der Waals surface area contributed by atoms with Crippen LogP contribution in [0.5, 0.6) is 0 Å². The van der Waals surface area contributed by atoms with Gasteiger partial charge in [-0.2, -0.15) is 11.8 Å². The highest BCUT2D eigenvalue weighted by atomic mass is 35.5. The van der Waals surface area contributed by atoms with Gasteiger partial charge < -0.3 is 5.32 Å². The minimum Gasteiger partial charge on any atom is -0.349 e. The standard InChI is InChI=1S/C11H10Cl2N2OS2/c1-18-5-9-10(16)15(11(17)14-9)6-2-3-7(12)8(13)4-6/h2-4,9H,5H2,1H3,(H,14,17)/t9-/m0/s1. The van der Waals surface area contributed by atoms with Crippen LogP contribution in [0.4, 0.5) is 5.69 Å². The Kier molecular flexibility index (Phi) is 4.37. The Bertz CT molecular complexity index is 510. The molecule has 1 fully saturated rings. The fourth-order valence-corrected chi connectivity index (χ4v) is 2.87. The molecule has 0 unspecified atom stereocenters. The Hall–Kier alpha value is -0.490. The molecular formula is C11H10Cl2N2OS2. The molecule has 18 heavy (non-hydrogen) atoms. The van der Waals surface area contributed by atoms with E-state index in [0.717, 1.165) is 0 Å². The molecular weight excluding hydrogens is 311 g/mol. The Morgan fingerprint density at radius 3 is 2.78 bits per heavy atom. The van der Waals surface area contributed by atoms with Gasteiger partial charge in [-0.05, 0) is 36.7 Å². The highest BCUT2D eigenvalue weighted by Crippen LogP contribution is 2.29. The third-order valence-corrected chi connectivity index (χ3v) is 4.22. The van der Waals surface area contributed by atoms with Crippen LogP contribution in [0.1, 0.15) is 0 Å². The molecule has 0 aromatic heterocycles. The predicted octanol–water partition coefficient (Wildman–Crippen LogP) is 2.95.